The molecule has 0 aliphatic carbocycles. The van der Waals surface area contributed by atoms with Crippen LogP contribution in [0.25, 0.3) is 11.1 Å². The van der Waals surface area contributed by atoms with Crippen LogP contribution in [0, 0.1) is 6.92 Å². The fourth-order valence-corrected chi connectivity index (χ4v) is 3.39. The van der Waals surface area contributed by atoms with E-state index in [0.29, 0.717) is 18.3 Å². The Kier molecular flexibility index (Phi) is 3.91. The molecule has 0 radical (unpaired) electrons. The zero-order valence-corrected chi connectivity index (χ0v) is 14.2. The van der Waals surface area contributed by atoms with Gasteiger partial charge in [-0.15, -0.1) is 0 Å². The Morgan fingerprint density at radius 2 is 2.24 bits per heavy atom. The van der Waals surface area contributed by atoms with Gasteiger partial charge in [-0.25, -0.2) is 9.67 Å². The van der Waals surface area contributed by atoms with Crippen molar-refractivity contribution in [2.45, 2.75) is 32.2 Å². The number of nitrogen functional groups attached to an aromatic ring is 1. The summed E-state index contributed by atoms with van der Waals surface area (Å²) in [5.41, 5.74) is 8.35. The highest BCUT2D eigenvalue weighted by molar-refractivity contribution is 5.76. The second-order valence-electron chi connectivity index (χ2n) is 6.57. The molecule has 1 amide bonds. The van der Waals surface area contributed by atoms with Crippen molar-refractivity contribution >= 4 is 22.8 Å². The van der Waals surface area contributed by atoms with Gasteiger partial charge in [-0.05, 0) is 31.9 Å². The highest BCUT2D eigenvalue weighted by Crippen LogP contribution is 2.29. The van der Waals surface area contributed by atoms with Gasteiger partial charge in [0.25, 0.3) is 0 Å². The minimum atomic E-state index is 0.0237. The summed E-state index contributed by atoms with van der Waals surface area (Å²) in [4.78, 5) is 19.1. The number of nitrogens with two attached hydrogens (primary N) is 1. The van der Waals surface area contributed by atoms with Gasteiger partial charge in [-0.2, -0.15) is 5.10 Å². The molecule has 25 heavy (non-hydrogen) atoms. The first kappa shape index (κ1) is 15.7. The Labute approximate surface area is 145 Å². The van der Waals surface area contributed by atoms with E-state index in [1.165, 1.54) is 0 Å². The summed E-state index contributed by atoms with van der Waals surface area (Å²) in [6, 6.07) is 9.51. The number of anilines is 1. The molecule has 7 heteroatoms. The zero-order valence-electron chi connectivity index (χ0n) is 14.2. The lowest BCUT2D eigenvalue weighted by Crippen LogP contribution is -2.41. The maximum Gasteiger partial charge on any atom is 0.244 e. The fourth-order valence-electron chi connectivity index (χ4n) is 3.39. The summed E-state index contributed by atoms with van der Waals surface area (Å²) >= 11 is 0. The number of nitrogens with zero attached hydrogens (tertiary/aromatic N) is 4. The summed E-state index contributed by atoms with van der Waals surface area (Å²) in [5, 5.41) is 4.26. The number of hydrogen-bond acceptors (Lipinski definition) is 5. The average molecular weight is 339 g/mol. The zero-order chi connectivity index (χ0) is 17.4. The quantitative estimate of drug-likeness (QED) is 0.791. The van der Waals surface area contributed by atoms with Crippen molar-refractivity contribution < 1.29 is 9.21 Å². The molecule has 130 valence electrons. The van der Waals surface area contributed by atoms with Crippen molar-refractivity contribution in [2.75, 3.05) is 18.8 Å². The highest BCUT2D eigenvalue weighted by Gasteiger charge is 2.28. The second kappa shape index (κ2) is 6.23. The van der Waals surface area contributed by atoms with Crippen molar-refractivity contribution in [3.8, 4) is 0 Å². The largest absolute Gasteiger partial charge is 0.440 e. The fraction of sp³-hybridized carbons (Fsp3) is 0.389. The van der Waals surface area contributed by atoms with Gasteiger partial charge in [0, 0.05) is 19.2 Å². The molecule has 1 aliphatic heterocycles. The molecule has 0 unspecified atom stereocenters. The summed E-state index contributed by atoms with van der Waals surface area (Å²) in [7, 11) is 0. The van der Waals surface area contributed by atoms with Crippen LogP contribution >= 0.6 is 0 Å². The molecule has 2 aromatic heterocycles. The lowest BCUT2D eigenvalue weighted by molar-refractivity contribution is -0.133. The minimum Gasteiger partial charge on any atom is -0.440 e. The van der Waals surface area contributed by atoms with Crippen molar-refractivity contribution in [2.24, 2.45) is 0 Å². The number of amides is 1. The van der Waals surface area contributed by atoms with E-state index in [4.69, 9.17) is 10.2 Å². The van der Waals surface area contributed by atoms with Crippen LogP contribution in [0.3, 0.4) is 0 Å². The maximum atomic E-state index is 12.6. The van der Waals surface area contributed by atoms with Gasteiger partial charge >= 0.3 is 0 Å². The van der Waals surface area contributed by atoms with E-state index in [1.807, 2.05) is 36.1 Å². The molecular weight excluding hydrogens is 318 g/mol. The molecule has 1 atom stereocenters. The number of carbonyl (C=O) groups is 1. The van der Waals surface area contributed by atoms with Crippen LogP contribution in [0.2, 0.25) is 0 Å². The van der Waals surface area contributed by atoms with Crippen molar-refractivity contribution in [1.29, 1.82) is 0 Å². The van der Waals surface area contributed by atoms with Gasteiger partial charge in [0.15, 0.2) is 11.5 Å². The lowest BCUT2D eigenvalue weighted by atomic mass is 9.98. The first-order chi connectivity index (χ1) is 12.1. The normalized spacial score (nSPS) is 18.0. The molecule has 7 nitrogen and oxygen atoms in total. The Bertz CT molecular complexity index is 880. The van der Waals surface area contributed by atoms with E-state index >= 15 is 0 Å². The smallest absolute Gasteiger partial charge is 0.244 e. The molecule has 1 aromatic carbocycles. The lowest BCUT2D eigenvalue weighted by Gasteiger charge is -2.31. The monoisotopic (exact) mass is 339 g/mol. The first-order valence-electron chi connectivity index (χ1n) is 8.53. The molecule has 1 aliphatic rings. The summed E-state index contributed by atoms with van der Waals surface area (Å²) in [6.45, 7) is 3.39. The third-order valence-corrected chi connectivity index (χ3v) is 4.65. The molecule has 0 saturated carbocycles. The minimum absolute atomic E-state index is 0.0237. The number of carbonyl (C=O) groups excluding carboxylic acids is 1. The van der Waals surface area contributed by atoms with Gasteiger partial charge in [0.05, 0.1) is 11.6 Å². The molecule has 0 spiro atoms. The van der Waals surface area contributed by atoms with Crippen LogP contribution in [0.1, 0.15) is 30.3 Å². The summed E-state index contributed by atoms with van der Waals surface area (Å²) in [5.74, 6) is 1.38. The molecule has 3 heterocycles. The Morgan fingerprint density at radius 1 is 1.40 bits per heavy atom. The number of oxazole rings is 1. The molecule has 1 saturated heterocycles. The van der Waals surface area contributed by atoms with E-state index in [1.54, 1.807) is 10.7 Å². The topological polar surface area (TPSA) is 90.2 Å². The Morgan fingerprint density at radius 3 is 3.00 bits per heavy atom. The van der Waals surface area contributed by atoms with E-state index in [9.17, 15) is 4.79 Å². The third-order valence-electron chi connectivity index (χ3n) is 4.65. The number of para-hydroxylation sites is 2. The van der Waals surface area contributed by atoms with Gasteiger partial charge in [-0.3, -0.25) is 4.79 Å². The van der Waals surface area contributed by atoms with Gasteiger partial charge in [0.1, 0.15) is 17.9 Å². The number of aromatic nitrogens is 3. The van der Waals surface area contributed by atoms with Crippen LogP contribution < -0.4 is 5.73 Å². The number of benzene rings is 1. The molecule has 1 fully saturated rings. The average Bonchev–Trinajstić information content (AvgIpc) is 3.18. The van der Waals surface area contributed by atoms with Crippen LogP contribution in [-0.4, -0.2) is 38.7 Å². The van der Waals surface area contributed by atoms with E-state index in [0.717, 1.165) is 36.2 Å². The van der Waals surface area contributed by atoms with Crippen LogP contribution in [0.5, 0.6) is 0 Å². The van der Waals surface area contributed by atoms with Gasteiger partial charge in [0.2, 0.25) is 5.91 Å². The van der Waals surface area contributed by atoms with Gasteiger partial charge in [-0.1, -0.05) is 12.1 Å². The van der Waals surface area contributed by atoms with Crippen molar-refractivity contribution in [3.63, 3.8) is 0 Å². The number of rotatable bonds is 3. The van der Waals surface area contributed by atoms with E-state index < -0.39 is 0 Å². The van der Waals surface area contributed by atoms with Crippen LogP contribution in [-0.2, 0) is 11.3 Å². The molecule has 4 rings (SSSR count). The highest BCUT2D eigenvalue weighted by atomic mass is 16.3. The van der Waals surface area contributed by atoms with Crippen LogP contribution in [0.4, 0.5) is 5.82 Å². The number of aryl methyl sites for hydroxylation is 1. The van der Waals surface area contributed by atoms with E-state index in [2.05, 4.69) is 10.1 Å². The molecule has 3 aromatic rings. The van der Waals surface area contributed by atoms with Crippen molar-refractivity contribution in [3.05, 3.63) is 41.9 Å². The summed E-state index contributed by atoms with van der Waals surface area (Å²) in [6.07, 6.45) is 1.91. The predicted molar refractivity (Wildman–Crippen MR) is 93.9 cm³/mol. The molecular formula is C18H21N5O2. The SMILES string of the molecule is Cc1cc(N)n(CC(=O)N2CCC[C@@H](c3nc4ccccc4o3)C2)n1. The number of piperidine rings is 1. The Balaban J connectivity index is 1.48. The maximum absolute atomic E-state index is 12.6. The molecule has 2 N–H and O–H groups in total. The van der Waals surface area contributed by atoms with Crippen LogP contribution in [0.15, 0.2) is 34.7 Å². The number of hydrogen-bond donors (Lipinski definition) is 1. The first-order valence-corrected chi connectivity index (χ1v) is 8.53. The number of likely N-dealkylation sites (tertiary alicyclic amines) is 1. The van der Waals surface area contributed by atoms with E-state index in [-0.39, 0.29) is 18.4 Å². The van der Waals surface area contributed by atoms with Crippen molar-refractivity contribution in [1.82, 2.24) is 19.7 Å². The Hall–Kier alpha value is -2.83. The molecule has 0 bridgehead atoms. The standard InChI is InChI=1S/C18H21N5O2/c1-12-9-16(19)23(21-12)11-17(24)22-8-4-5-13(10-22)18-20-14-6-2-3-7-15(14)25-18/h2-3,6-7,9,13H,4-5,8,10-11,19H2,1H3/t13-/m1/s1. The summed E-state index contributed by atoms with van der Waals surface area (Å²) < 4.78 is 7.45. The van der Waals surface area contributed by atoms with Gasteiger partial charge < -0.3 is 15.1 Å². The predicted octanol–water partition coefficient (Wildman–Crippen LogP) is 2.32. The second-order valence-corrected chi connectivity index (χ2v) is 6.57. The third kappa shape index (κ3) is 3.09. The number of fused-ring (bicyclic) bond motifs is 1.